The van der Waals surface area contributed by atoms with Crippen molar-refractivity contribution in [2.75, 3.05) is 13.7 Å². The van der Waals surface area contributed by atoms with E-state index < -0.39 is 0 Å². The van der Waals surface area contributed by atoms with Crippen LogP contribution in [0.4, 0.5) is 0 Å². The molecule has 8 nitrogen and oxygen atoms in total. The average Bonchev–Trinajstić information content (AvgIpc) is 3.11. The molecule has 5 rings (SSSR count). The van der Waals surface area contributed by atoms with Gasteiger partial charge in [-0.15, -0.1) is 0 Å². The van der Waals surface area contributed by atoms with E-state index >= 15 is 0 Å². The zero-order valence-corrected chi connectivity index (χ0v) is 17.0. The van der Waals surface area contributed by atoms with E-state index in [2.05, 4.69) is 10.1 Å². The molecule has 0 spiro atoms. The van der Waals surface area contributed by atoms with Crippen LogP contribution in [0.5, 0.6) is 0 Å². The van der Waals surface area contributed by atoms with Gasteiger partial charge in [0.1, 0.15) is 10.9 Å². The number of nitrogens with zero attached hydrogens (tertiary/aromatic N) is 6. The average molecular weight is 412 g/mol. The fourth-order valence-electron chi connectivity index (χ4n) is 3.57. The van der Waals surface area contributed by atoms with E-state index in [1.54, 1.807) is 28.9 Å². The minimum absolute atomic E-state index is 0.163. The smallest absolute Gasteiger partial charge is 0.265 e. The molecule has 0 saturated carbocycles. The van der Waals surface area contributed by atoms with Crippen LogP contribution >= 0.6 is 0 Å². The molecule has 0 aliphatic carbocycles. The Bertz CT molecular complexity index is 1470. The van der Waals surface area contributed by atoms with Gasteiger partial charge in [-0.05, 0) is 24.1 Å². The number of fused-ring (bicyclic) bond motifs is 4. The van der Waals surface area contributed by atoms with Crippen molar-refractivity contribution >= 4 is 39.4 Å². The zero-order valence-electron chi connectivity index (χ0n) is 17.0. The quantitative estimate of drug-likeness (QED) is 0.316. The summed E-state index contributed by atoms with van der Waals surface area (Å²) in [7, 11) is 1.64. The largest absolute Gasteiger partial charge is 0.385 e. The van der Waals surface area contributed by atoms with Crippen molar-refractivity contribution in [3.05, 3.63) is 76.8 Å². The van der Waals surface area contributed by atoms with Crippen molar-refractivity contribution < 1.29 is 4.74 Å². The predicted octanol–water partition coefficient (Wildman–Crippen LogP) is 3.21. The maximum Gasteiger partial charge on any atom is 0.265 e. The summed E-state index contributed by atoms with van der Waals surface area (Å²) in [6, 6.07) is 17.3. The molecule has 0 radical (unpaired) electrons. The van der Waals surface area contributed by atoms with Crippen molar-refractivity contribution in [3.8, 4) is 0 Å². The standard InChI is InChI=1S/C23H20N6O2/c1-31-13-7-12-28-15-24-21-19(23(28)30)20-22(27-18-11-6-5-10-17(18)26-20)29(21)25-14-16-8-3-2-4-9-16/h2-6,8-11,14-15H,7,12-13H2,1H3/b25-14-. The number of hydrogen-bond acceptors (Lipinski definition) is 6. The van der Waals surface area contributed by atoms with Crippen LogP contribution in [0.2, 0.25) is 0 Å². The summed E-state index contributed by atoms with van der Waals surface area (Å²) in [6.07, 6.45) is 3.98. The van der Waals surface area contributed by atoms with E-state index in [9.17, 15) is 4.79 Å². The van der Waals surface area contributed by atoms with Gasteiger partial charge in [0.05, 0.1) is 23.6 Å². The molecule has 2 aromatic carbocycles. The number of rotatable bonds is 6. The van der Waals surface area contributed by atoms with Crippen LogP contribution in [0.15, 0.2) is 70.8 Å². The number of para-hydroxylation sites is 2. The maximum absolute atomic E-state index is 13.3. The predicted molar refractivity (Wildman–Crippen MR) is 121 cm³/mol. The van der Waals surface area contributed by atoms with Crippen molar-refractivity contribution in [1.29, 1.82) is 0 Å². The van der Waals surface area contributed by atoms with Gasteiger partial charge >= 0.3 is 0 Å². The molecule has 0 atom stereocenters. The molecule has 31 heavy (non-hydrogen) atoms. The van der Waals surface area contributed by atoms with Crippen LogP contribution in [0.1, 0.15) is 12.0 Å². The number of benzene rings is 2. The highest BCUT2D eigenvalue weighted by atomic mass is 16.5. The van der Waals surface area contributed by atoms with E-state index in [1.165, 1.54) is 0 Å². The van der Waals surface area contributed by atoms with Crippen LogP contribution in [-0.2, 0) is 11.3 Å². The van der Waals surface area contributed by atoms with Gasteiger partial charge in [0.25, 0.3) is 5.56 Å². The Morgan fingerprint density at radius 1 is 1.00 bits per heavy atom. The molecule has 0 bridgehead atoms. The van der Waals surface area contributed by atoms with Gasteiger partial charge in [-0.1, -0.05) is 42.5 Å². The Balaban J connectivity index is 1.77. The highest BCUT2D eigenvalue weighted by Crippen LogP contribution is 2.24. The maximum atomic E-state index is 13.3. The zero-order chi connectivity index (χ0) is 21.2. The summed E-state index contributed by atoms with van der Waals surface area (Å²) in [5, 5.41) is 5.02. The van der Waals surface area contributed by atoms with Crippen molar-refractivity contribution in [2.45, 2.75) is 13.0 Å². The van der Waals surface area contributed by atoms with Crippen molar-refractivity contribution in [3.63, 3.8) is 0 Å². The number of ether oxygens (including phenoxy) is 1. The molecule has 0 N–H and O–H groups in total. The molecule has 0 saturated heterocycles. The van der Waals surface area contributed by atoms with Gasteiger partial charge in [-0.2, -0.15) is 9.78 Å². The summed E-state index contributed by atoms with van der Waals surface area (Å²) in [5.41, 5.74) is 3.65. The van der Waals surface area contributed by atoms with Gasteiger partial charge < -0.3 is 4.74 Å². The van der Waals surface area contributed by atoms with Gasteiger partial charge in [0, 0.05) is 20.3 Å². The van der Waals surface area contributed by atoms with Crippen LogP contribution in [0, 0.1) is 0 Å². The summed E-state index contributed by atoms with van der Waals surface area (Å²) >= 11 is 0. The fourth-order valence-corrected chi connectivity index (χ4v) is 3.57. The van der Waals surface area contributed by atoms with E-state index in [1.807, 2.05) is 54.6 Å². The van der Waals surface area contributed by atoms with Crippen molar-refractivity contribution in [1.82, 2.24) is 24.2 Å². The van der Waals surface area contributed by atoms with Crippen LogP contribution < -0.4 is 5.56 Å². The Labute approximate surface area is 177 Å². The molecular weight excluding hydrogens is 392 g/mol. The molecule has 154 valence electrons. The van der Waals surface area contributed by atoms with Crippen LogP contribution in [0.3, 0.4) is 0 Å². The molecule has 3 heterocycles. The minimum atomic E-state index is -0.163. The lowest BCUT2D eigenvalue weighted by atomic mass is 10.2. The van der Waals surface area contributed by atoms with Crippen LogP contribution in [-0.4, -0.2) is 44.1 Å². The first kappa shape index (κ1) is 19.1. The molecule has 8 heteroatoms. The molecule has 0 aliphatic heterocycles. The number of hydrogen-bond donors (Lipinski definition) is 0. The fraction of sp³-hybridized carbons (Fsp3) is 0.174. The Morgan fingerprint density at radius 3 is 2.52 bits per heavy atom. The molecular formula is C23H20N6O2. The molecule has 0 aliphatic rings. The number of aryl methyl sites for hydroxylation is 1. The molecule has 3 aromatic heterocycles. The summed E-state index contributed by atoms with van der Waals surface area (Å²) in [6.45, 7) is 1.08. The van der Waals surface area contributed by atoms with Crippen LogP contribution in [0.25, 0.3) is 33.2 Å². The van der Waals surface area contributed by atoms with Gasteiger partial charge in [0.15, 0.2) is 11.3 Å². The monoisotopic (exact) mass is 412 g/mol. The minimum Gasteiger partial charge on any atom is -0.385 e. The second-order valence-electron chi connectivity index (χ2n) is 7.14. The van der Waals surface area contributed by atoms with Gasteiger partial charge in [-0.3, -0.25) is 9.36 Å². The van der Waals surface area contributed by atoms with Gasteiger partial charge in [0.2, 0.25) is 0 Å². The Morgan fingerprint density at radius 2 is 1.74 bits per heavy atom. The topological polar surface area (TPSA) is 87.2 Å². The van der Waals surface area contributed by atoms with E-state index in [0.717, 1.165) is 16.6 Å². The lowest BCUT2D eigenvalue weighted by Gasteiger charge is -2.04. The summed E-state index contributed by atoms with van der Waals surface area (Å²) in [5.74, 6) is 0. The lowest BCUT2D eigenvalue weighted by molar-refractivity contribution is 0.190. The Hall–Kier alpha value is -3.91. The third-order valence-corrected chi connectivity index (χ3v) is 5.08. The molecule has 0 fully saturated rings. The first-order valence-electron chi connectivity index (χ1n) is 10.0. The SMILES string of the molecule is COCCCn1cnc2c(c1=O)c1nc3ccccc3nc1n2/N=C\c1ccccc1. The van der Waals surface area contributed by atoms with E-state index in [-0.39, 0.29) is 5.56 Å². The highest BCUT2D eigenvalue weighted by molar-refractivity contribution is 6.04. The molecule has 5 aromatic rings. The third kappa shape index (κ3) is 3.47. The van der Waals surface area contributed by atoms with Crippen molar-refractivity contribution in [2.24, 2.45) is 5.10 Å². The summed E-state index contributed by atoms with van der Waals surface area (Å²) < 4.78 is 8.29. The second-order valence-corrected chi connectivity index (χ2v) is 7.14. The van der Waals surface area contributed by atoms with E-state index in [4.69, 9.17) is 14.7 Å². The number of aromatic nitrogens is 5. The third-order valence-electron chi connectivity index (χ3n) is 5.08. The molecule has 0 amide bonds. The lowest BCUT2D eigenvalue weighted by Crippen LogP contribution is -2.21. The Kier molecular flexibility index (Phi) is 4.97. The molecule has 0 unspecified atom stereocenters. The second kappa shape index (κ2) is 8.08. The van der Waals surface area contributed by atoms with E-state index in [0.29, 0.717) is 41.8 Å². The number of methoxy groups -OCH3 is 1. The highest BCUT2D eigenvalue weighted by Gasteiger charge is 2.19. The summed E-state index contributed by atoms with van der Waals surface area (Å²) in [4.78, 5) is 27.4. The normalized spacial score (nSPS) is 11.9. The first-order chi connectivity index (χ1) is 15.3. The van der Waals surface area contributed by atoms with Gasteiger partial charge in [-0.25, -0.2) is 15.0 Å². The first-order valence-corrected chi connectivity index (χ1v) is 10.0.